The highest BCUT2D eigenvalue weighted by Gasteiger charge is 2.47. The van der Waals surface area contributed by atoms with Crippen molar-refractivity contribution < 1.29 is 24.2 Å². The molecule has 0 radical (unpaired) electrons. The Morgan fingerprint density at radius 1 is 1.15 bits per heavy atom. The van der Waals surface area contributed by atoms with Gasteiger partial charge in [0.05, 0.1) is 11.9 Å². The van der Waals surface area contributed by atoms with Gasteiger partial charge in [0.25, 0.3) is 0 Å². The minimum Gasteiger partial charge on any atom is -0.480 e. The van der Waals surface area contributed by atoms with E-state index in [9.17, 15) is 14.7 Å². The normalized spacial score (nSPS) is 15.8. The Hall–Kier alpha value is -2.93. The number of rotatable bonds is 5. The van der Waals surface area contributed by atoms with E-state index in [2.05, 4.69) is 10.3 Å². The number of benzene rings is 1. The molecule has 1 fully saturated rings. The predicted octanol–water partition coefficient (Wildman–Crippen LogP) is 3.31. The number of hydrogen-bond donors (Lipinski definition) is 2. The third-order valence-corrected chi connectivity index (χ3v) is 4.89. The Morgan fingerprint density at radius 3 is 2.48 bits per heavy atom. The zero-order valence-corrected chi connectivity index (χ0v) is 15.3. The lowest BCUT2D eigenvalue weighted by Gasteiger charge is -2.31. The summed E-state index contributed by atoms with van der Waals surface area (Å²) in [6.45, 7) is 4.53. The first-order valence-electron chi connectivity index (χ1n) is 8.74. The van der Waals surface area contributed by atoms with Gasteiger partial charge in [0.15, 0.2) is 5.41 Å². The molecule has 0 aliphatic carbocycles. The highest BCUT2D eigenvalue weighted by atomic mass is 16.5. The van der Waals surface area contributed by atoms with E-state index in [1.807, 2.05) is 32.0 Å². The first-order valence-corrected chi connectivity index (χ1v) is 8.74. The Balaban J connectivity index is 1.68. The molecule has 1 aromatic carbocycles. The van der Waals surface area contributed by atoms with Crippen molar-refractivity contribution >= 4 is 17.6 Å². The van der Waals surface area contributed by atoms with Gasteiger partial charge in [0, 0.05) is 19.3 Å². The second kappa shape index (κ2) is 7.75. The number of hydrogen-bond acceptors (Lipinski definition) is 5. The number of carbonyl (C=O) groups excluding carboxylic acids is 1. The number of nitrogens with one attached hydrogen (secondary N) is 1. The third-order valence-electron chi connectivity index (χ3n) is 4.89. The van der Waals surface area contributed by atoms with Crippen molar-refractivity contribution in [1.29, 1.82) is 0 Å². The molecule has 0 unspecified atom stereocenters. The SMILES string of the molecule is Cc1ccc(Oc2ccc(NC(=O)C3(C(=O)O)CCOCC3)cn2)cc1C. The molecular weight excluding hydrogens is 348 g/mol. The number of carboxylic acids is 1. The van der Waals surface area contributed by atoms with Gasteiger partial charge in [0.2, 0.25) is 11.8 Å². The summed E-state index contributed by atoms with van der Waals surface area (Å²) < 4.78 is 10.9. The average Bonchev–Trinajstić information content (AvgIpc) is 2.66. The van der Waals surface area contributed by atoms with E-state index < -0.39 is 17.3 Å². The Morgan fingerprint density at radius 2 is 1.89 bits per heavy atom. The van der Waals surface area contributed by atoms with E-state index in [0.29, 0.717) is 17.3 Å². The molecule has 27 heavy (non-hydrogen) atoms. The van der Waals surface area contributed by atoms with E-state index in [0.717, 1.165) is 5.56 Å². The minimum absolute atomic E-state index is 0.148. The summed E-state index contributed by atoms with van der Waals surface area (Å²) in [6, 6.07) is 9.02. The zero-order chi connectivity index (χ0) is 19.4. The van der Waals surface area contributed by atoms with Gasteiger partial charge in [-0.15, -0.1) is 0 Å². The van der Waals surface area contributed by atoms with Gasteiger partial charge in [-0.3, -0.25) is 9.59 Å². The first-order chi connectivity index (χ1) is 12.9. The molecular formula is C20H22N2O5. The summed E-state index contributed by atoms with van der Waals surface area (Å²) in [7, 11) is 0. The molecule has 1 aliphatic heterocycles. The maximum atomic E-state index is 12.6. The highest BCUT2D eigenvalue weighted by molar-refractivity contribution is 6.08. The maximum Gasteiger partial charge on any atom is 0.319 e. The molecule has 0 bridgehead atoms. The Bertz CT molecular complexity index is 842. The van der Waals surface area contributed by atoms with Crippen LogP contribution in [0.25, 0.3) is 0 Å². The molecule has 1 aromatic heterocycles. The van der Waals surface area contributed by atoms with Crippen molar-refractivity contribution in [3.63, 3.8) is 0 Å². The van der Waals surface area contributed by atoms with Crippen LogP contribution >= 0.6 is 0 Å². The number of ether oxygens (including phenoxy) is 2. The molecule has 0 saturated carbocycles. The summed E-state index contributed by atoms with van der Waals surface area (Å²) in [5.41, 5.74) is 1.24. The standard InChI is InChI=1S/C20H22N2O5/c1-13-3-5-16(11-14(13)2)27-17-6-4-15(12-21-17)22-18(23)20(19(24)25)7-9-26-10-8-20/h3-6,11-12H,7-10H2,1-2H3,(H,22,23)(H,24,25). The zero-order valence-electron chi connectivity index (χ0n) is 15.3. The number of nitrogens with zero attached hydrogens (tertiary/aromatic N) is 1. The second-order valence-electron chi connectivity index (χ2n) is 6.69. The summed E-state index contributed by atoms with van der Waals surface area (Å²) in [6.07, 6.45) is 1.74. The largest absolute Gasteiger partial charge is 0.480 e. The van der Waals surface area contributed by atoms with Crippen LogP contribution in [0.15, 0.2) is 36.5 Å². The fourth-order valence-corrected chi connectivity index (χ4v) is 2.92. The van der Waals surface area contributed by atoms with E-state index in [4.69, 9.17) is 9.47 Å². The molecule has 7 heteroatoms. The molecule has 1 amide bonds. The molecule has 0 atom stereocenters. The van der Waals surface area contributed by atoms with Gasteiger partial charge in [-0.1, -0.05) is 6.07 Å². The fraction of sp³-hybridized carbons (Fsp3) is 0.350. The molecule has 3 rings (SSSR count). The van der Waals surface area contributed by atoms with Crippen molar-refractivity contribution in [1.82, 2.24) is 4.98 Å². The van der Waals surface area contributed by atoms with Crippen LogP contribution in [0.5, 0.6) is 11.6 Å². The van der Waals surface area contributed by atoms with E-state index >= 15 is 0 Å². The summed E-state index contributed by atoms with van der Waals surface area (Å²) in [4.78, 5) is 28.4. The average molecular weight is 370 g/mol. The number of aromatic nitrogens is 1. The summed E-state index contributed by atoms with van der Waals surface area (Å²) in [5, 5.41) is 12.2. The van der Waals surface area contributed by atoms with Crippen LogP contribution in [0.3, 0.4) is 0 Å². The molecule has 2 aromatic rings. The maximum absolute atomic E-state index is 12.6. The van der Waals surface area contributed by atoms with Crippen LogP contribution in [0, 0.1) is 19.3 Å². The van der Waals surface area contributed by atoms with Crippen LogP contribution in [-0.2, 0) is 14.3 Å². The lowest BCUT2D eigenvalue weighted by Crippen LogP contribution is -2.47. The molecule has 2 heterocycles. The van der Waals surface area contributed by atoms with Crippen molar-refractivity contribution in [3.8, 4) is 11.6 Å². The quantitative estimate of drug-likeness (QED) is 0.784. The van der Waals surface area contributed by atoms with Crippen LogP contribution in [0.4, 0.5) is 5.69 Å². The Labute approximate surface area is 157 Å². The van der Waals surface area contributed by atoms with Gasteiger partial charge in [-0.25, -0.2) is 4.98 Å². The van der Waals surface area contributed by atoms with Crippen molar-refractivity contribution in [2.24, 2.45) is 5.41 Å². The number of carboxylic acid groups (broad SMARTS) is 1. The number of aryl methyl sites for hydroxylation is 2. The molecule has 1 aliphatic rings. The fourth-order valence-electron chi connectivity index (χ4n) is 2.92. The lowest BCUT2D eigenvalue weighted by atomic mass is 9.79. The van der Waals surface area contributed by atoms with E-state index in [1.165, 1.54) is 11.8 Å². The minimum atomic E-state index is -1.47. The third kappa shape index (κ3) is 4.09. The second-order valence-corrected chi connectivity index (χ2v) is 6.69. The lowest BCUT2D eigenvalue weighted by molar-refractivity contribution is -0.160. The predicted molar refractivity (Wildman–Crippen MR) is 99.0 cm³/mol. The molecule has 1 saturated heterocycles. The summed E-state index contributed by atoms with van der Waals surface area (Å²) >= 11 is 0. The molecule has 2 N–H and O–H groups in total. The van der Waals surface area contributed by atoms with Crippen LogP contribution in [0.1, 0.15) is 24.0 Å². The van der Waals surface area contributed by atoms with Crippen molar-refractivity contribution in [2.75, 3.05) is 18.5 Å². The Kier molecular flexibility index (Phi) is 5.41. The van der Waals surface area contributed by atoms with Gasteiger partial charge in [0.1, 0.15) is 5.75 Å². The number of aliphatic carboxylic acids is 1. The summed E-state index contributed by atoms with van der Waals surface area (Å²) in [5.74, 6) is -0.626. The number of anilines is 1. The van der Waals surface area contributed by atoms with Gasteiger partial charge in [-0.05, 0) is 56.0 Å². The highest BCUT2D eigenvalue weighted by Crippen LogP contribution is 2.32. The topological polar surface area (TPSA) is 97.8 Å². The van der Waals surface area contributed by atoms with Crippen molar-refractivity contribution in [2.45, 2.75) is 26.7 Å². The molecule has 142 valence electrons. The number of pyridine rings is 1. The van der Waals surface area contributed by atoms with Gasteiger partial charge in [-0.2, -0.15) is 0 Å². The van der Waals surface area contributed by atoms with Crippen molar-refractivity contribution in [3.05, 3.63) is 47.7 Å². The van der Waals surface area contributed by atoms with E-state index in [1.54, 1.807) is 12.1 Å². The monoisotopic (exact) mass is 370 g/mol. The number of carbonyl (C=O) groups is 2. The van der Waals surface area contributed by atoms with Gasteiger partial charge < -0.3 is 19.9 Å². The van der Waals surface area contributed by atoms with Gasteiger partial charge >= 0.3 is 5.97 Å². The van der Waals surface area contributed by atoms with Crippen LogP contribution < -0.4 is 10.1 Å². The molecule has 7 nitrogen and oxygen atoms in total. The van der Waals surface area contributed by atoms with E-state index in [-0.39, 0.29) is 26.1 Å². The van der Waals surface area contributed by atoms with Crippen LogP contribution in [0.2, 0.25) is 0 Å². The first kappa shape index (κ1) is 18.8. The van der Waals surface area contributed by atoms with Crippen LogP contribution in [-0.4, -0.2) is 35.2 Å². The molecule has 0 spiro atoms. The smallest absolute Gasteiger partial charge is 0.319 e. The number of amides is 1.